The van der Waals surface area contributed by atoms with Crippen LogP contribution in [0.4, 0.5) is 0 Å². The van der Waals surface area contributed by atoms with Gasteiger partial charge in [-0.25, -0.2) is 0 Å². The quantitative estimate of drug-likeness (QED) is 0.342. The number of carbonyl (C=O) groups is 2. The van der Waals surface area contributed by atoms with E-state index >= 15 is 0 Å². The van der Waals surface area contributed by atoms with Gasteiger partial charge in [-0.1, -0.05) is 85.6 Å². The van der Waals surface area contributed by atoms with Crippen molar-refractivity contribution in [1.82, 2.24) is 10.2 Å². The molecule has 0 radical (unpaired) electrons. The Morgan fingerprint density at radius 3 is 2.40 bits per heavy atom. The maximum Gasteiger partial charge on any atom is 0.243 e. The third kappa shape index (κ3) is 7.86. The summed E-state index contributed by atoms with van der Waals surface area (Å²) < 4.78 is 5.38. The number of nitrogens with one attached hydrogen (secondary N) is 1. The zero-order valence-electron chi connectivity index (χ0n) is 20.4. The van der Waals surface area contributed by atoms with E-state index in [4.69, 9.17) is 16.3 Å². The van der Waals surface area contributed by atoms with Gasteiger partial charge < -0.3 is 15.0 Å². The van der Waals surface area contributed by atoms with Crippen LogP contribution in [0.3, 0.4) is 0 Å². The van der Waals surface area contributed by atoms with Crippen molar-refractivity contribution in [2.45, 2.75) is 45.2 Å². The first-order valence-electron chi connectivity index (χ1n) is 12.0. The Bertz CT molecular complexity index is 1100. The predicted octanol–water partition coefficient (Wildman–Crippen LogP) is 5.45. The van der Waals surface area contributed by atoms with Gasteiger partial charge in [-0.05, 0) is 41.3 Å². The molecule has 184 valence electrons. The average Bonchev–Trinajstić information content (AvgIpc) is 2.88. The fourth-order valence-corrected chi connectivity index (χ4v) is 4.14. The first-order valence-corrected chi connectivity index (χ1v) is 12.4. The third-order valence-electron chi connectivity index (χ3n) is 5.89. The first kappa shape index (κ1) is 26.3. The maximum absolute atomic E-state index is 13.7. The van der Waals surface area contributed by atoms with Crippen molar-refractivity contribution in [3.05, 3.63) is 101 Å². The standard InChI is InChI=1S/C29H33ClN2O3/c1-3-4-17-31-29(34)27(19-22-11-6-5-7-12-22)32(21-23-13-10-15-25(18-23)35-2)28(33)20-24-14-8-9-16-26(24)30/h5-16,18,27H,3-4,17,19-21H2,1-2H3,(H,31,34). The number of ether oxygens (including phenoxy) is 1. The summed E-state index contributed by atoms with van der Waals surface area (Å²) in [5, 5.41) is 3.58. The zero-order chi connectivity index (χ0) is 25.0. The van der Waals surface area contributed by atoms with E-state index in [0.29, 0.717) is 23.7 Å². The molecule has 0 saturated carbocycles. The number of hydrogen-bond acceptors (Lipinski definition) is 3. The minimum atomic E-state index is -0.671. The molecule has 3 aromatic carbocycles. The SMILES string of the molecule is CCCCNC(=O)C(Cc1ccccc1)N(Cc1cccc(OC)c1)C(=O)Cc1ccccc1Cl. The van der Waals surface area contributed by atoms with Gasteiger partial charge in [0.2, 0.25) is 11.8 Å². The van der Waals surface area contributed by atoms with Crippen LogP contribution in [0.15, 0.2) is 78.9 Å². The van der Waals surface area contributed by atoms with Crippen LogP contribution in [0, 0.1) is 0 Å². The van der Waals surface area contributed by atoms with E-state index in [9.17, 15) is 9.59 Å². The lowest BCUT2D eigenvalue weighted by molar-refractivity contribution is -0.140. The van der Waals surface area contributed by atoms with Gasteiger partial charge in [0.05, 0.1) is 13.5 Å². The second-order valence-corrected chi connectivity index (χ2v) is 8.90. The van der Waals surface area contributed by atoms with Crippen molar-refractivity contribution in [3.63, 3.8) is 0 Å². The van der Waals surface area contributed by atoms with Crippen molar-refractivity contribution in [2.24, 2.45) is 0 Å². The largest absolute Gasteiger partial charge is 0.497 e. The van der Waals surface area contributed by atoms with Crippen molar-refractivity contribution < 1.29 is 14.3 Å². The molecule has 35 heavy (non-hydrogen) atoms. The smallest absolute Gasteiger partial charge is 0.243 e. The Labute approximate surface area is 213 Å². The minimum absolute atomic E-state index is 0.108. The lowest BCUT2D eigenvalue weighted by atomic mass is 10.0. The predicted molar refractivity (Wildman–Crippen MR) is 141 cm³/mol. The Morgan fingerprint density at radius 2 is 1.69 bits per heavy atom. The molecule has 0 aromatic heterocycles. The number of halogens is 1. The van der Waals surface area contributed by atoms with Crippen LogP contribution in [0.25, 0.3) is 0 Å². The average molecular weight is 493 g/mol. The second-order valence-electron chi connectivity index (χ2n) is 8.49. The highest BCUT2D eigenvalue weighted by atomic mass is 35.5. The fraction of sp³-hybridized carbons (Fsp3) is 0.310. The van der Waals surface area contributed by atoms with Crippen molar-refractivity contribution in [2.75, 3.05) is 13.7 Å². The highest BCUT2D eigenvalue weighted by Gasteiger charge is 2.30. The number of carbonyl (C=O) groups excluding carboxylic acids is 2. The summed E-state index contributed by atoms with van der Waals surface area (Å²) in [5.74, 6) is 0.387. The number of benzene rings is 3. The van der Waals surface area contributed by atoms with Gasteiger partial charge >= 0.3 is 0 Å². The van der Waals surface area contributed by atoms with Crippen LogP contribution in [-0.4, -0.2) is 36.4 Å². The summed E-state index contributed by atoms with van der Waals surface area (Å²) in [5.41, 5.74) is 2.61. The fourth-order valence-electron chi connectivity index (χ4n) is 3.93. The van der Waals surface area contributed by atoms with Gasteiger partial charge in [-0.3, -0.25) is 9.59 Å². The Morgan fingerprint density at radius 1 is 0.971 bits per heavy atom. The van der Waals surface area contributed by atoms with Crippen LogP contribution in [0.1, 0.15) is 36.5 Å². The van der Waals surface area contributed by atoms with E-state index < -0.39 is 6.04 Å². The van der Waals surface area contributed by atoms with Crippen LogP contribution in [0.5, 0.6) is 5.75 Å². The molecular weight excluding hydrogens is 460 g/mol. The molecule has 1 unspecified atom stereocenters. The maximum atomic E-state index is 13.7. The molecule has 0 aliphatic carbocycles. The molecule has 0 aliphatic rings. The highest BCUT2D eigenvalue weighted by molar-refractivity contribution is 6.31. The second kappa shape index (κ2) is 13.5. The molecule has 6 heteroatoms. The lowest BCUT2D eigenvalue weighted by Crippen LogP contribution is -2.51. The molecule has 0 heterocycles. The van der Waals surface area contributed by atoms with Crippen molar-refractivity contribution >= 4 is 23.4 Å². The first-order chi connectivity index (χ1) is 17.0. The molecule has 1 N–H and O–H groups in total. The molecule has 3 aromatic rings. The van der Waals surface area contributed by atoms with E-state index in [1.165, 1.54) is 0 Å². The highest BCUT2D eigenvalue weighted by Crippen LogP contribution is 2.21. The van der Waals surface area contributed by atoms with Crippen LogP contribution < -0.4 is 10.1 Å². The molecule has 0 fully saturated rings. The minimum Gasteiger partial charge on any atom is -0.497 e. The van der Waals surface area contributed by atoms with Crippen molar-refractivity contribution in [3.8, 4) is 5.75 Å². The topological polar surface area (TPSA) is 58.6 Å². The summed E-state index contributed by atoms with van der Waals surface area (Å²) >= 11 is 6.36. The molecule has 5 nitrogen and oxygen atoms in total. The van der Waals surface area contributed by atoms with E-state index in [1.807, 2.05) is 72.8 Å². The molecule has 1 atom stereocenters. The molecule has 0 aliphatic heterocycles. The van der Waals surface area contributed by atoms with Gasteiger partial charge in [0.25, 0.3) is 0 Å². The molecule has 0 spiro atoms. The van der Waals surface area contributed by atoms with Gasteiger partial charge in [-0.2, -0.15) is 0 Å². The van der Waals surface area contributed by atoms with E-state index in [1.54, 1.807) is 18.1 Å². The third-order valence-corrected chi connectivity index (χ3v) is 6.26. The Hall–Kier alpha value is -3.31. The number of rotatable bonds is 12. The number of amides is 2. The van der Waals surface area contributed by atoms with Crippen LogP contribution >= 0.6 is 11.6 Å². The monoisotopic (exact) mass is 492 g/mol. The number of hydrogen-bond donors (Lipinski definition) is 1. The Kier molecular flexibility index (Phi) is 10.2. The summed E-state index contributed by atoms with van der Waals surface area (Å²) in [4.78, 5) is 28.9. The van der Waals surface area contributed by atoms with Gasteiger partial charge in [0.15, 0.2) is 0 Å². The molecule has 3 rings (SSSR count). The summed E-state index contributed by atoms with van der Waals surface area (Å²) in [6, 6.07) is 24.0. The lowest BCUT2D eigenvalue weighted by Gasteiger charge is -2.32. The zero-order valence-corrected chi connectivity index (χ0v) is 21.1. The van der Waals surface area contributed by atoms with Gasteiger partial charge in [-0.15, -0.1) is 0 Å². The van der Waals surface area contributed by atoms with Gasteiger partial charge in [0, 0.05) is 24.5 Å². The van der Waals surface area contributed by atoms with Gasteiger partial charge in [0.1, 0.15) is 11.8 Å². The normalized spacial score (nSPS) is 11.5. The van der Waals surface area contributed by atoms with Crippen LogP contribution in [0.2, 0.25) is 5.02 Å². The number of methoxy groups -OCH3 is 1. The van der Waals surface area contributed by atoms with E-state index in [2.05, 4.69) is 12.2 Å². The molecular formula is C29H33ClN2O3. The summed E-state index contributed by atoms with van der Waals surface area (Å²) in [6.45, 7) is 2.93. The van der Waals surface area contributed by atoms with Crippen LogP contribution in [-0.2, 0) is 29.0 Å². The number of nitrogens with zero attached hydrogens (tertiary/aromatic N) is 1. The number of unbranched alkanes of at least 4 members (excludes halogenated alkanes) is 1. The molecule has 2 amide bonds. The summed E-state index contributed by atoms with van der Waals surface area (Å²) in [7, 11) is 1.61. The molecule has 0 bridgehead atoms. The summed E-state index contributed by atoms with van der Waals surface area (Å²) in [6.07, 6.45) is 2.38. The Balaban J connectivity index is 1.96. The van der Waals surface area contributed by atoms with Crippen molar-refractivity contribution in [1.29, 1.82) is 0 Å². The van der Waals surface area contributed by atoms with E-state index in [-0.39, 0.29) is 24.8 Å². The van der Waals surface area contributed by atoms with E-state index in [0.717, 1.165) is 29.5 Å². The molecule has 0 saturated heterocycles.